The van der Waals surface area contributed by atoms with E-state index < -0.39 is 0 Å². The van der Waals surface area contributed by atoms with E-state index in [1.54, 1.807) is 9.80 Å². The Morgan fingerprint density at radius 2 is 1.87 bits per heavy atom. The van der Waals surface area contributed by atoms with Crippen molar-refractivity contribution in [3.8, 4) is 5.75 Å². The van der Waals surface area contributed by atoms with Crippen LogP contribution in [0.1, 0.15) is 33.1 Å². The number of nitrogens with zero attached hydrogens (tertiary/aromatic N) is 2. The Kier molecular flexibility index (Phi) is 6.44. The summed E-state index contributed by atoms with van der Waals surface area (Å²) in [5.41, 5.74) is 0. The number of ether oxygens (including phenoxy) is 1. The molecule has 5 heteroatoms. The third-order valence-electron chi connectivity index (χ3n) is 4.08. The first-order valence-electron chi connectivity index (χ1n) is 8.39. The van der Waals surface area contributed by atoms with Gasteiger partial charge in [-0.3, -0.25) is 9.59 Å². The van der Waals surface area contributed by atoms with Crippen LogP contribution in [0.2, 0.25) is 0 Å². The van der Waals surface area contributed by atoms with Gasteiger partial charge in [-0.25, -0.2) is 0 Å². The number of benzene rings is 1. The Balaban J connectivity index is 1.72. The van der Waals surface area contributed by atoms with Crippen LogP contribution in [0.4, 0.5) is 0 Å². The van der Waals surface area contributed by atoms with Crippen LogP contribution in [0.25, 0.3) is 0 Å². The third kappa shape index (κ3) is 4.71. The minimum atomic E-state index is -0.349. The molecule has 1 heterocycles. The number of para-hydroxylation sites is 1. The van der Waals surface area contributed by atoms with E-state index in [-0.39, 0.29) is 24.4 Å². The quantitative estimate of drug-likeness (QED) is 0.691. The van der Waals surface area contributed by atoms with Crippen LogP contribution in [0.3, 0.4) is 0 Å². The first kappa shape index (κ1) is 17.3. The Labute approximate surface area is 138 Å². The van der Waals surface area contributed by atoms with E-state index in [9.17, 15) is 9.59 Å². The molecule has 0 N–H and O–H groups in total. The number of unbranched alkanes of at least 4 members (excludes halogenated alkanes) is 1. The highest BCUT2D eigenvalue weighted by Gasteiger charge is 2.35. The summed E-state index contributed by atoms with van der Waals surface area (Å²) in [6.45, 7) is 5.95. The second-order valence-electron chi connectivity index (χ2n) is 5.89. The molecule has 1 saturated heterocycles. The molecule has 1 fully saturated rings. The highest BCUT2D eigenvalue weighted by Crippen LogP contribution is 2.14. The van der Waals surface area contributed by atoms with Crippen LogP contribution in [-0.4, -0.2) is 53.9 Å². The lowest BCUT2D eigenvalue weighted by atomic mass is 10.1. The van der Waals surface area contributed by atoms with Crippen molar-refractivity contribution in [3.63, 3.8) is 0 Å². The highest BCUT2D eigenvalue weighted by atomic mass is 16.5. The van der Waals surface area contributed by atoms with Gasteiger partial charge in [0.05, 0.1) is 13.2 Å². The van der Waals surface area contributed by atoms with Crippen LogP contribution >= 0.6 is 0 Å². The SMILES string of the molecule is CCCN1CC(=O)N(CCCCOc2ccccc2)[C@H](C)C1=O. The van der Waals surface area contributed by atoms with Gasteiger partial charge in [-0.2, -0.15) is 0 Å². The van der Waals surface area contributed by atoms with Crippen molar-refractivity contribution in [1.29, 1.82) is 0 Å². The molecule has 1 aromatic rings. The average molecular weight is 318 g/mol. The molecule has 0 radical (unpaired) electrons. The minimum absolute atomic E-state index is 0.0505. The summed E-state index contributed by atoms with van der Waals surface area (Å²) in [5.74, 6) is 0.974. The molecule has 1 aromatic carbocycles. The Hall–Kier alpha value is -2.04. The Bertz CT molecular complexity index is 518. The molecule has 0 bridgehead atoms. The van der Waals surface area contributed by atoms with E-state index >= 15 is 0 Å². The summed E-state index contributed by atoms with van der Waals surface area (Å²) in [4.78, 5) is 27.8. The second-order valence-corrected chi connectivity index (χ2v) is 5.89. The van der Waals surface area contributed by atoms with Crippen molar-refractivity contribution in [1.82, 2.24) is 9.80 Å². The fraction of sp³-hybridized carbons (Fsp3) is 0.556. The molecule has 5 nitrogen and oxygen atoms in total. The zero-order chi connectivity index (χ0) is 16.7. The fourth-order valence-electron chi connectivity index (χ4n) is 2.81. The van der Waals surface area contributed by atoms with Gasteiger partial charge in [0, 0.05) is 13.1 Å². The van der Waals surface area contributed by atoms with E-state index in [1.165, 1.54) is 0 Å². The summed E-state index contributed by atoms with van der Waals surface area (Å²) < 4.78 is 5.64. The highest BCUT2D eigenvalue weighted by molar-refractivity contribution is 5.94. The van der Waals surface area contributed by atoms with E-state index in [0.29, 0.717) is 19.7 Å². The smallest absolute Gasteiger partial charge is 0.245 e. The summed E-state index contributed by atoms with van der Waals surface area (Å²) in [7, 11) is 0. The number of hydrogen-bond donors (Lipinski definition) is 0. The molecule has 1 aliphatic heterocycles. The molecule has 1 aliphatic rings. The van der Waals surface area contributed by atoms with E-state index in [4.69, 9.17) is 4.74 Å². The van der Waals surface area contributed by atoms with Crippen LogP contribution in [0.15, 0.2) is 30.3 Å². The second kappa shape index (κ2) is 8.56. The standard InChI is InChI=1S/C18H26N2O3/c1-3-11-19-14-17(21)20(15(2)18(19)22)12-7-8-13-23-16-9-5-4-6-10-16/h4-6,9-10,15H,3,7-8,11-14H2,1-2H3/t15-/m1/s1. The van der Waals surface area contributed by atoms with Gasteiger partial charge in [0.2, 0.25) is 11.8 Å². The number of piperazine rings is 1. The van der Waals surface area contributed by atoms with Crippen molar-refractivity contribution in [2.45, 2.75) is 39.2 Å². The lowest BCUT2D eigenvalue weighted by molar-refractivity contribution is -0.155. The van der Waals surface area contributed by atoms with Gasteiger partial charge >= 0.3 is 0 Å². The predicted octanol–water partition coefficient (Wildman–Crippen LogP) is 2.31. The Morgan fingerprint density at radius 1 is 1.13 bits per heavy atom. The summed E-state index contributed by atoms with van der Waals surface area (Å²) in [5, 5.41) is 0. The zero-order valence-corrected chi connectivity index (χ0v) is 14.0. The van der Waals surface area contributed by atoms with Gasteiger partial charge in [0.25, 0.3) is 0 Å². The maximum Gasteiger partial charge on any atom is 0.245 e. The van der Waals surface area contributed by atoms with E-state index in [1.807, 2.05) is 44.2 Å². The van der Waals surface area contributed by atoms with Gasteiger partial charge in [-0.1, -0.05) is 25.1 Å². The lowest BCUT2D eigenvalue weighted by Gasteiger charge is -2.38. The topological polar surface area (TPSA) is 49.9 Å². The van der Waals surface area contributed by atoms with Gasteiger partial charge in [0.1, 0.15) is 11.8 Å². The molecule has 0 unspecified atom stereocenters. The van der Waals surface area contributed by atoms with Crippen LogP contribution in [0.5, 0.6) is 5.75 Å². The Morgan fingerprint density at radius 3 is 2.57 bits per heavy atom. The maximum absolute atomic E-state index is 12.3. The van der Waals surface area contributed by atoms with E-state index in [2.05, 4.69) is 0 Å². The van der Waals surface area contributed by atoms with Crippen LogP contribution in [0, 0.1) is 0 Å². The molecule has 0 saturated carbocycles. The third-order valence-corrected chi connectivity index (χ3v) is 4.08. The zero-order valence-electron chi connectivity index (χ0n) is 14.0. The molecule has 2 rings (SSSR count). The van der Waals surface area contributed by atoms with Crippen molar-refractivity contribution in [3.05, 3.63) is 30.3 Å². The molecule has 2 amide bonds. The molecule has 0 aromatic heterocycles. The van der Waals surface area contributed by atoms with Gasteiger partial charge in [0.15, 0.2) is 0 Å². The van der Waals surface area contributed by atoms with Gasteiger partial charge in [-0.05, 0) is 38.3 Å². The molecule has 1 atom stereocenters. The van der Waals surface area contributed by atoms with Crippen molar-refractivity contribution in [2.24, 2.45) is 0 Å². The normalized spacial score (nSPS) is 18.4. The summed E-state index contributed by atoms with van der Waals surface area (Å²) in [6, 6.07) is 9.34. The largest absolute Gasteiger partial charge is 0.494 e. The number of hydrogen-bond acceptors (Lipinski definition) is 3. The van der Waals surface area contributed by atoms with Crippen molar-refractivity contribution in [2.75, 3.05) is 26.2 Å². The van der Waals surface area contributed by atoms with Crippen molar-refractivity contribution < 1.29 is 14.3 Å². The number of carbonyl (C=O) groups is 2. The van der Waals surface area contributed by atoms with Crippen LogP contribution in [-0.2, 0) is 9.59 Å². The molecular weight excluding hydrogens is 292 g/mol. The van der Waals surface area contributed by atoms with E-state index in [0.717, 1.165) is 25.0 Å². The maximum atomic E-state index is 12.3. The molecule has 0 spiro atoms. The van der Waals surface area contributed by atoms with Gasteiger partial charge < -0.3 is 14.5 Å². The lowest BCUT2D eigenvalue weighted by Crippen LogP contribution is -2.59. The molecule has 23 heavy (non-hydrogen) atoms. The van der Waals surface area contributed by atoms with Crippen LogP contribution < -0.4 is 4.74 Å². The summed E-state index contributed by atoms with van der Waals surface area (Å²) in [6.07, 6.45) is 2.57. The minimum Gasteiger partial charge on any atom is -0.494 e. The molecular formula is C18H26N2O3. The number of carbonyl (C=O) groups excluding carboxylic acids is 2. The predicted molar refractivity (Wildman–Crippen MR) is 89.2 cm³/mol. The average Bonchev–Trinajstić information content (AvgIpc) is 2.56. The number of rotatable bonds is 8. The number of amides is 2. The first-order valence-corrected chi connectivity index (χ1v) is 8.39. The fourth-order valence-corrected chi connectivity index (χ4v) is 2.81. The van der Waals surface area contributed by atoms with Crippen molar-refractivity contribution >= 4 is 11.8 Å². The molecule has 0 aliphatic carbocycles. The monoisotopic (exact) mass is 318 g/mol. The first-order chi connectivity index (χ1) is 11.1. The molecule has 126 valence electrons. The van der Waals surface area contributed by atoms with Gasteiger partial charge in [-0.15, -0.1) is 0 Å². The summed E-state index contributed by atoms with van der Waals surface area (Å²) >= 11 is 0.